The lowest BCUT2D eigenvalue weighted by atomic mass is 10.1. The van der Waals surface area contributed by atoms with Crippen LogP contribution in [0, 0.1) is 18.4 Å². The summed E-state index contributed by atoms with van der Waals surface area (Å²) in [6.07, 6.45) is 1.57. The lowest BCUT2D eigenvalue weighted by Crippen LogP contribution is -2.50. The second kappa shape index (κ2) is 10.7. The van der Waals surface area contributed by atoms with Gasteiger partial charge in [0.15, 0.2) is 16.0 Å². The van der Waals surface area contributed by atoms with Crippen molar-refractivity contribution in [1.29, 1.82) is 5.26 Å². The first-order valence-corrected chi connectivity index (χ1v) is 11.1. The molecule has 0 aliphatic heterocycles. The number of nitrogens with zero attached hydrogens (tertiary/aromatic N) is 2. The summed E-state index contributed by atoms with van der Waals surface area (Å²) in [5.41, 5.74) is 0.950. The molecule has 1 atom stereocenters. The predicted molar refractivity (Wildman–Crippen MR) is 111 cm³/mol. The fraction of sp³-hybridized carbons (Fsp3) is 0.286. The van der Waals surface area contributed by atoms with Gasteiger partial charge in [0, 0.05) is 18.2 Å². The van der Waals surface area contributed by atoms with Crippen molar-refractivity contribution in [3.63, 3.8) is 0 Å². The Labute approximate surface area is 184 Å². The molecule has 2 amide bonds. The van der Waals surface area contributed by atoms with E-state index in [0.717, 1.165) is 12.6 Å². The van der Waals surface area contributed by atoms with Gasteiger partial charge in [0.05, 0.1) is 11.5 Å². The third-order valence-electron chi connectivity index (χ3n) is 4.35. The van der Waals surface area contributed by atoms with Crippen LogP contribution in [0.4, 0.5) is 8.78 Å². The van der Waals surface area contributed by atoms with E-state index in [0.29, 0.717) is 4.90 Å². The number of rotatable bonds is 9. The fourth-order valence-electron chi connectivity index (χ4n) is 2.87. The standard InChI is InChI=1S/C21H21F2N3O5S/c1-14-6-5-8-15(10-14)19(27)25-17(20(28)26(2)13-24)12-32(29,30)11-16-7-3-4-9-18(16)31-21(22)23/h3-10,17,21H,11-12H2,1-2H3,(H,25,27). The van der Waals surface area contributed by atoms with Gasteiger partial charge in [-0.2, -0.15) is 14.0 Å². The number of aryl methyl sites for hydroxylation is 1. The van der Waals surface area contributed by atoms with E-state index in [1.165, 1.54) is 30.3 Å². The third kappa shape index (κ3) is 7.02. The van der Waals surface area contributed by atoms with Gasteiger partial charge in [-0.1, -0.05) is 35.9 Å². The summed E-state index contributed by atoms with van der Waals surface area (Å²) in [5, 5.41) is 11.4. The average Bonchev–Trinajstić information content (AvgIpc) is 2.72. The Morgan fingerprint density at radius 2 is 1.88 bits per heavy atom. The van der Waals surface area contributed by atoms with Gasteiger partial charge in [-0.25, -0.2) is 8.42 Å². The van der Waals surface area contributed by atoms with E-state index in [9.17, 15) is 26.8 Å². The van der Waals surface area contributed by atoms with Gasteiger partial charge in [0.1, 0.15) is 11.8 Å². The highest BCUT2D eigenvalue weighted by Crippen LogP contribution is 2.23. The van der Waals surface area contributed by atoms with Crippen molar-refractivity contribution in [1.82, 2.24) is 10.2 Å². The van der Waals surface area contributed by atoms with Crippen molar-refractivity contribution in [3.8, 4) is 11.9 Å². The van der Waals surface area contributed by atoms with E-state index in [1.54, 1.807) is 31.3 Å². The highest BCUT2D eigenvalue weighted by Gasteiger charge is 2.30. The number of para-hydroxylation sites is 1. The minimum atomic E-state index is -4.11. The molecule has 1 N–H and O–H groups in total. The Hall–Kier alpha value is -3.52. The van der Waals surface area contributed by atoms with Gasteiger partial charge in [-0.15, -0.1) is 0 Å². The summed E-state index contributed by atoms with van der Waals surface area (Å²) < 4.78 is 55.1. The number of alkyl halides is 2. The summed E-state index contributed by atoms with van der Waals surface area (Å²) >= 11 is 0. The zero-order valence-electron chi connectivity index (χ0n) is 17.3. The molecule has 0 saturated heterocycles. The van der Waals surface area contributed by atoms with Crippen LogP contribution in [0.2, 0.25) is 0 Å². The van der Waals surface area contributed by atoms with Crippen LogP contribution >= 0.6 is 0 Å². The molecule has 2 aromatic carbocycles. The van der Waals surface area contributed by atoms with Gasteiger partial charge in [0.2, 0.25) is 0 Å². The van der Waals surface area contributed by atoms with E-state index in [2.05, 4.69) is 10.1 Å². The maximum absolute atomic E-state index is 12.8. The quantitative estimate of drug-likeness (QED) is 0.449. The lowest BCUT2D eigenvalue weighted by Gasteiger charge is -2.20. The Morgan fingerprint density at radius 3 is 2.50 bits per heavy atom. The number of carbonyl (C=O) groups is 2. The third-order valence-corrected chi connectivity index (χ3v) is 5.94. The Kier molecular flexibility index (Phi) is 8.26. The summed E-state index contributed by atoms with van der Waals surface area (Å²) in [7, 11) is -2.98. The van der Waals surface area contributed by atoms with Crippen molar-refractivity contribution < 1.29 is 31.5 Å². The molecule has 1 unspecified atom stereocenters. The molecule has 8 nitrogen and oxygen atoms in total. The zero-order valence-corrected chi connectivity index (χ0v) is 18.1. The van der Waals surface area contributed by atoms with E-state index in [1.807, 2.05) is 0 Å². The van der Waals surface area contributed by atoms with Crippen molar-refractivity contribution in [2.45, 2.75) is 25.3 Å². The summed E-state index contributed by atoms with van der Waals surface area (Å²) in [6.45, 7) is -1.39. The van der Waals surface area contributed by atoms with Gasteiger partial charge >= 0.3 is 6.61 Å². The molecule has 2 aromatic rings. The van der Waals surface area contributed by atoms with E-state index in [4.69, 9.17) is 5.26 Å². The largest absolute Gasteiger partial charge is 0.435 e. The van der Waals surface area contributed by atoms with Crippen LogP contribution in [0.3, 0.4) is 0 Å². The zero-order chi connectivity index (χ0) is 23.9. The fourth-order valence-corrected chi connectivity index (χ4v) is 4.43. The molecule has 0 heterocycles. The van der Waals surface area contributed by atoms with Crippen LogP contribution in [0.5, 0.6) is 5.75 Å². The lowest BCUT2D eigenvalue weighted by molar-refractivity contribution is -0.128. The second-order valence-electron chi connectivity index (χ2n) is 6.93. The maximum atomic E-state index is 12.8. The molecule has 2 rings (SSSR count). The molecule has 0 radical (unpaired) electrons. The smallest absolute Gasteiger partial charge is 0.387 e. The first-order valence-electron chi connectivity index (χ1n) is 9.30. The van der Waals surface area contributed by atoms with E-state index < -0.39 is 45.8 Å². The molecular formula is C21H21F2N3O5S. The van der Waals surface area contributed by atoms with Gasteiger partial charge in [0.25, 0.3) is 11.8 Å². The number of likely N-dealkylation sites (N-methyl/N-ethyl adjacent to an activating group) is 1. The SMILES string of the molecule is Cc1cccc(C(=O)NC(CS(=O)(=O)Cc2ccccc2OC(F)F)C(=O)N(C)C#N)c1. The molecule has 170 valence electrons. The molecule has 0 aliphatic rings. The molecular weight excluding hydrogens is 444 g/mol. The molecule has 0 fully saturated rings. The normalized spacial score (nSPS) is 12.0. The molecule has 0 spiro atoms. The second-order valence-corrected chi connectivity index (χ2v) is 9.04. The summed E-state index contributed by atoms with van der Waals surface area (Å²) in [4.78, 5) is 25.7. The highest BCUT2D eigenvalue weighted by molar-refractivity contribution is 7.90. The highest BCUT2D eigenvalue weighted by atomic mass is 32.2. The van der Waals surface area contributed by atoms with Crippen molar-refractivity contribution >= 4 is 21.7 Å². The van der Waals surface area contributed by atoms with E-state index in [-0.39, 0.29) is 16.9 Å². The average molecular weight is 465 g/mol. The number of benzene rings is 2. The van der Waals surface area contributed by atoms with Crippen molar-refractivity contribution in [3.05, 3.63) is 65.2 Å². The topological polar surface area (TPSA) is 117 Å². The van der Waals surface area contributed by atoms with E-state index >= 15 is 0 Å². The van der Waals surface area contributed by atoms with Crippen LogP contribution in [0.1, 0.15) is 21.5 Å². The summed E-state index contributed by atoms with van der Waals surface area (Å²) in [5.74, 6) is -3.51. The Balaban J connectivity index is 2.28. The van der Waals surface area contributed by atoms with Crippen LogP contribution in [0.15, 0.2) is 48.5 Å². The molecule has 11 heteroatoms. The number of hydrogen-bond acceptors (Lipinski definition) is 6. The number of nitriles is 1. The minimum absolute atomic E-state index is 0.0300. The molecule has 0 bridgehead atoms. The number of amides is 2. The predicted octanol–water partition coefficient (Wildman–Crippen LogP) is 2.25. The number of halogens is 2. The first-order chi connectivity index (χ1) is 15.0. The van der Waals surface area contributed by atoms with Crippen LogP contribution < -0.4 is 10.1 Å². The number of hydrogen-bond donors (Lipinski definition) is 1. The van der Waals surface area contributed by atoms with Gasteiger partial charge in [-0.3, -0.25) is 14.5 Å². The van der Waals surface area contributed by atoms with Crippen molar-refractivity contribution in [2.24, 2.45) is 0 Å². The van der Waals surface area contributed by atoms with Gasteiger partial charge in [-0.05, 0) is 25.1 Å². The molecule has 32 heavy (non-hydrogen) atoms. The molecule has 0 aliphatic carbocycles. The van der Waals surface area contributed by atoms with Crippen molar-refractivity contribution in [2.75, 3.05) is 12.8 Å². The number of ether oxygens (including phenoxy) is 1. The molecule has 0 aromatic heterocycles. The number of carbonyl (C=O) groups excluding carboxylic acids is 2. The maximum Gasteiger partial charge on any atom is 0.387 e. The monoisotopic (exact) mass is 465 g/mol. The van der Waals surface area contributed by atoms with Crippen LogP contribution in [0.25, 0.3) is 0 Å². The number of sulfone groups is 1. The van der Waals surface area contributed by atoms with Crippen LogP contribution in [-0.4, -0.2) is 50.6 Å². The Bertz CT molecular complexity index is 1130. The molecule has 0 saturated carbocycles. The first kappa shape index (κ1) is 24.7. The Morgan fingerprint density at radius 1 is 1.19 bits per heavy atom. The minimum Gasteiger partial charge on any atom is -0.435 e. The summed E-state index contributed by atoms with van der Waals surface area (Å²) in [6, 6.07) is 10.2. The van der Waals surface area contributed by atoms with Crippen LogP contribution in [-0.2, 0) is 20.4 Å². The van der Waals surface area contributed by atoms with Gasteiger partial charge < -0.3 is 10.1 Å². The number of nitrogens with one attached hydrogen (secondary N) is 1.